The Balaban J connectivity index is 1.44. The predicted octanol–water partition coefficient (Wildman–Crippen LogP) is 2.41. The molecule has 0 fully saturated rings. The summed E-state index contributed by atoms with van der Waals surface area (Å²) in [4.78, 5) is 51.8. The van der Waals surface area contributed by atoms with E-state index in [4.69, 9.17) is 4.52 Å². The van der Waals surface area contributed by atoms with Gasteiger partial charge in [-0.25, -0.2) is 19.2 Å². The molecule has 0 aliphatic carbocycles. The zero-order valence-corrected chi connectivity index (χ0v) is 21.0. The molecule has 5 aromatic heterocycles. The first-order valence-electron chi connectivity index (χ1n) is 11.1. The molecule has 1 atom stereocenters. The lowest BCUT2D eigenvalue weighted by Gasteiger charge is -2.14. The highest BCUT2D eigenvalue weighted by Crippen LogP contribution is 2.27. The van der Waals surface area contributed by atoms with E-state index in [1.807, 2.05) is 0 Å². The third-order valence-electron chi connectivity index (χ3n) is 5.88. The molecule has 37 heavy (non-hydrogen) atoms. The molecule has 0 aliphatic heterocycles. The average molecular weight is 525 g/mol. The van der Waals surface area contributed by atoms with E-state index in [0.29, 0.717) is 22.0 Å². The molecule has 5 aromatic rings. The SMILES string of the molecule is Cc1cc(Cn2c(=O)c3c(ncn3C(C)C(=O)Nc3csc(-c4cnc(C)c(F)c4)n3)n(C)c2=O)no1. The molecule has 190 valence electrons. The maximum absolute atomic E-state index is 13.9. The minimum atomic E-state index is -0.874. The highest BCUT2D eigenvalue weighted by molar-refractivity contribution is 7.13. The van der Waals surface area contributed by atoms with E-state index in [-0.39, 0.29) is 29.2 Å². The van der Waals surface area contributed by atoms with Crippen LogP contribution in [0.5, 0.6) is 0 Å². The molecule has 0 aromatic carbocycles. The second kappa shape index (κ2) is 9.20. The molecule has 0 saturated carbocycles. The normalized spacial score (nSPS) is 12.2. The molecular formula is C23H21FN8O4S. The van der Waals surface area contributed by atoms with Crippen molar-refractivity contribution in [3.8, 4) is 10.6 Å². The fraction of sp³-hybridized carbons (Fsp3) is 0.261. The van der Waals surface area contributed by atoms with Crippen LogP contribution in [0, 0.1) is 19.7 Å². The first-order chi connectivity index (χ1) is 17.6. The number of fused-ring (bicyclic) bond motifs is 1. The fourth-order valence-electron chi connectivity index (χ4n) is 3.82. The molecule has 12 nitrogen and oxygen atoms in total. The molecule has 1 unspecified atom stereocenters. The van der Waals surface area contributed by atoms with Crippen LogP contribution in [0.25, 0.3) is 21.7 Å². The minimum Gasteiger partial charge on any atom is -0.361 e. The second-order valence-electron chi connectivity index (χ2n) is 8.48. The van der Waals surface area contributed by atoms with Crippen molar-refractivity contribution in [3.63, 3.8) is 0 Å². The number of hydrogen-bond donors (Lipinski definition) is 1. The van der Waals surface area contributed by atoms with Crippen LogP contribution in [0.4, 0.5) is 10.2 Å². The zero-order valence-electron chi connectivity index (χ0n) is 20.2. The van der Waals surface area contributed by atoms with E-state index in [1.165, 1.54) is 46.1 Å². The Morgan fingerprint density at radius 3 is 2.73 bits per heavy atom. The third-order valence-corrected chi connectivity index (χ3v) is 6.77. The van der Waals surface area contributed by atoms with E-state index in [1.54, 1.807) is 32.2 Å². The highest BCUT2D eigenvalue weighted by atomic mass is 32.1. The Hall–Kier alpha value is -4.46. The number of nitrogens with one attached hydrogen (secondary N) is 1. The number of amides is 1. The van der Waals surface area contributed by atoms with Crippen LogP contribution in [-0.2, 0) is 18.4 Å². The van der Waals surface area contributed by atoms with Crippen molar-refractivity contribution in [2.45, 2.75) is 33.4 Å². The van der Waals surface area contributed by atoms with Crippen molar-refractivity contribution >= 4 is 34.2 Å². The molecule has 1 N–H and O–H groups in total. The van der Waals surface area contributed by atoms with Gasteiger partial charge in [-0.05, 0) is 26.8 Å². The summed E-state index contributed by atoms with van der Waals surface area (Å²) in [7, 11) is 1.50. The molecule has 1 amide bonds. The number of carbonyl (C=O) groups is 1. The van der Waals surface area contributed by atoms with Crippen molar-refractivity contribution in [1.29, 1.82) is 0 Å². The zero-order chi connectivity index (χ0) is 26.4. The predicted molar refractivity (Wildman–Crippen MR) is 133 cm³/mol. The summed E-state index contributed by atoms with van der Waals surface area (Å²) in [6.45, 7) is 4.77. The van der Waals surface area contributed by atoms with Crippen LogP contribution < -0.4 is 16.6 Å². The average Bonchev–Trinajstić information content (AvgIpc) is 3.61. The van der Waals surface area contributed by atoms with Crippen molar-refractivity contribution in [3.05, 3.63) is 73.8 Å². The summed E-state index contributed by atoms with van der Waals surface area (Å²) in [5.41, 5.74) is 0.236. The number of halogens is 1. The number of hydrogen-bond acceptors (Lipinski definition) is 9. The van der Waals surface area contributed by atoms with Gasteiger partial charge in [-0.15, -0.1) is 11.3 Å². The molecule has 0 radical (unpaired) electrons. The van der Waals surface area contributed by atoms with Gasteiger partial charge >= 0.3 is 5.69 Å². The van der Waals surface area contributed by atoms with Crippen LogP contribution in [0.15, 0.2) is 44.1 Å². The van der Waals surface area contributed by atoms with Gasteiger partial charge in [0.2, 0.25) is 5.91 Å². The molecule has 5 heterocycles. The van der Waals surface area contributed by atoms with E-state index in [2.05, 4.69) is 25.4 Å². The minimum absolute atomic E-state index is 0.0881. The monoisotopic (exact) mass is 524 g/mol. The molecule has 0 saturated heterocycles. The number of nitrogens with zero attached hydrogens (tertiary/aromatic N) is 7. The van der Waals surface area contributed by atoms with E-state index >= 15 is 0 Å². The lowest BCUT2D eigenvalue weighted by molar-refractivity contribution is -0.118. The van der Waals surface area contributed by atoms with Crippen LogP contribution in [0.2, 0.25) is 0 Å². The second-order valence-corrected chi connectivity index (χ2v) is 9.34. The van der Waals surface area contributed by atoms with Gasteiger partial charge in [0.15, 0.2) is 11.2 Å². The standard InChI is InChI=1S/C23H21FN8O4S/c1-11-5-15(29-36-11)8-31-22(34)18-19(30(4)23(31)35)26-10-32(18)13(3)20(33)27-17-9-37-21(28-17)14-6-16(24)12(2)25-7-14/h5-7,9-10,13H,8H2,1-4H3,(H,27,33). The van der Waals surface area contributed by atoms with E-state index in [0.717, 1.165) is 4.57 Å². The van der Waals surface area contributed by atoms with Gasteiger partial charge in [0.05, 0.1) is 18.6 Å². The van der Waals surface area contributed by atoms with Crippen molar-refractivity contribution in [2.24, 2.45) is 7.05 Å². The third kappa shape index (κ3) is 4.35. The number of carbonyl (C=O) groups excluding carboxylic acids is 1. The quantitative estimate of drug-likeness (QED) is 0.357. The van der Waals surface area contributed by atoms with Crippen molar-refractivity contribution in [1.82, 2.24) is 33.8 Å². The molecule has 14 heteroatoms. The molecule has 5 rings (SSSR count). The van der Waals surface area contributed by atoms with Gasteiger partial charge in [-0.3, -0.25) is 23.7 Å². The number of aromatic nitrogens is 7. The Bertz CT molecular complexity index is 1780. The Morgan fingerprint density at radius 2 is 2.03 bits per heavy atom. The maximum Gasteiger partial charge on any atom is 0.332 e. The lowest BCUT2D eigenvalue weighted by Crippen LogP contribution is -2.40. The number of rotatable bonds is 6. The van der Waals surface area contributed by atoms with Gasteiger partial charge in [0.25, 0.3) is 5.56 Å². The Kier molecular flexibility index (Phi) is 6.03. The summed E-state index contributed by atoms with van der Waals surface area (Å²) in [6, 6.07) is 2.09. The van der Waals surface area contributed by atoms with E-state index in [9.17, 15) is 18.8 Å². The summed E-state index contributed by atoms with van der Waals surface area (Å²) in [6.07, 6.45) is 2.85. The fourth-order valence-corrected chi connectivity index (χ4v) is 4.55. The van der Waals surface area contributed by atoms with Gasteiger partial charge < -0.3 is 14.4 Å². The van der Waals surface area contributed by atoms with Gasteiger partial charge in [-0.2, -0.15) is 0 Å². The number of anilines is 1. The smallest absolute Gasteiger partial charge is 0.332 e. The van der Waals surface area contributed by atoms with Gasteiger partial charge in [0, 0.05) is 30.3 Å². The first-order valence-corrected chi connectivity index (χ1v) is 12.0. The van der Waals surface area contributed by atoms with Crippen LogP contribution >= 0.6 is 11.3 Å². The first kappa shape index (κ1) is 24.2. The number of thiazole rings is 1. The van der Waals surface area contributed by atoms with Gasteiger partial charge in [0.1, 0.15) is 34.1 Å². The maximum atomic E-state index is 13.9. The lowest BCUT2D eigenvalue weighted by atomic mass is 10.2. The molecule has 0 aliphatic rings. The molecular weight excluding hydrogens is 503 g/mol. The highest BCUT2D eigenvalue weighted by Gasteiger charge is 2.24. The van der Waals surface area contributed by atoms with Crippen LogP contribution in [0.3, 0.4) is 0 Å². The summed E-state index contributed by atoms with van der Waals surface area (Å²) in [5, 5.41) is 8.68. The van der Waals surface area contributed by atoms with Crippen molar-refractivity contribution in [2.75, 3.05) is 5.32 Å². The van der Waals surface area contributed by atoms with Gasteiger partial charge in [-0.1, -0.05) is 5.16 Å². The van der Waals surface area contributed by atoms with Crippen LogP contribution in [-0.4, -0.2) is 39.7 Å². The molecule has 0 spiro atoms. The topological polar surface area (TPSA) is 143 Å². The largest absolute Gasteiger partial charge is 0.361 e. The Morgan fingerprint density at radius 1 is 1.24 bits per heavy atom. The number of aryl methyl sites for hydroxylation is 3. The summed E-state index contributed by atoms with van der Waals surface area (Å²) < 4.78 is 22.6. The Labute approximate surface area is 212 Å². The number of imidazole rings is 1. The number of pyridine rings is 1. The summed E-state index contributed by atoms with van der Waals surface area (Å²) in [5.74, 6) is -0.0901. The van der Waals surface area contributed by atoms with Crippen LogP contribution in [0.1, 0.15) is 30.1 Å². The summed E-state index contributed by atoms with van der Waals surface area (Å²) >= 11 is 1.22. The molecule has 0 bridgehead atoms. The van der Waals surface area contributed by atoms with E-state index < -0.39 is 29.0 Å². The van der Waals surface area contributed by atoms with Crippen molar-refractivity contribution < 1.29 is 13.7 Å².